The molecular formula is C17H22N4O3. The SMILES string of the molecule is CCOc1cccn2c(C(=O)N[C@H]3CCN(C(C)=O)C3)c(C)nc12. The number of pyridine rings is 1. The standard InChI is InChI=1S/C17H22N4O3/c1-4-24-14-6-5-8-21-15(11(2)18-16(14)21)17(23)19-13-7-9-20(10-13)12(3)22/h5-6,8,13H,4,7,9-10H2,1-3H3,(H,19,23)/t13-/m0/s1. The van der Waals surface area contributed by atoms with Crippen molar-refractivity contribution in [2.45, 2.75) is 33.2 Å². The van der Waals surface area contributed by atoms with Crippen molar-refractivity contribution in [2.24, 2.45) is 0 Å². The number of nitrogens with one attached hydrogen (secondary N) is 1. The maximum Gasteiger partial charge on any atom is 0.270 e. The number of amides is 2. The molecule has 0 saturated carbocycles. The Balaban J connectivity index is 1.84. The molecule has 7 heteroatoms. The summed E-state index contributed by atoms with van der Waals surface area (Å²) in [7, 11) is 0. The molecule has 7 nitrogen and oxygen atoms in total. The van der Waals surface area contributed by atoms with Crippen molar-refractivity contribution >= 4 is 17.5 Å². The van der Waals surface area contributed by atoms with Crippen LogP contribution in [0.5, 0.6) is 5.75 Å². The molecule has 1 aliphatic rings. The van der Waals surface area contributed by atoms with E-state index in [9.17, 15) is 9.59 Å². The summed E-state index contributed by atoms with van der Waals surface area (Å²) >= 11 is 0. The molecule has 2 aromatic heterocycles. The molecule has 1 saturated heterocycles. The van der Waals surface area contributed by atoms with E-state index in [4.69, 9.17) is 4.74 Å². The molecule has 0 unspecified atom stereocenters. The molecule has 3 heterocycles. The summed E-state index contributed by atoms with van der Waals surface area (Å²) < 4.78 is 7.34. The third-order valence-electron chi connectivity index (χ3n) is 4.27. The number of aryl methyl sites for hydroxylation is 1. The van der Waals surface area contributed by atoms with Gasteiger partial charge < -0.3 is 15.0 Å². The fourth-order valence-electron chi connectivity index (χ4n) is 3.12. The second-order valence-corrected chi connectivity index (χ2v) is 5.97. The van der Waals surface area contributed by atoms with Crippen LogP contribution < -0.4 is 10.1 Å². The van der Waals surface area contributed by atoms with Crippen molar-refractivity contribution in [3.05, 3.63) is 29.7 Å². The van der Waals surface area contributed by atoms with Crippen LogP contribution in [0.25, 0.3) is 5.65 Å². The van der Waals surface area contributed by atoms with Crippen molar-refractivity contribution in [1.29, 1.82) is 0 Å². The molecule has 1 N–H and O–H groups in total. The van der Waals surface area contributed by atoms with Crippen molar-refractivity contribution in [3.63, 3.8) is 0 Å². The monoisotopic (exact) mass is 330 g/mol. The lowest BCUT2D eigenvalue weighted by molar-refractivity contribution is -0.127. The summed E-state index contributed by atoms with van der Waals surface area (Å²) in [5, 5.41) is 3.02. The number of fused-ring (bicyclic) bond motifs is 1. The van der Waals surface area contributed by atoms with Crippen molar-refractivity contribution in [3.8, 4) is 5.75 Å². The van der Waals surface area contributed by atoms with E-state index in [0.717, 1.165) is 6.42 Å². The first-order valence-electron chi connectivity index (χ1n) is 8.18. The lowest BCUT2D eigenvalue weighted by Crippen LogP contribution is -2.38. The van der Waals surface area contributed by atoms with E-state index in [2.05, 4.69) is 10.3 Å². The van der Waals surface area contributed by atoms with Crippen molar-refractivity contribution in [1.82, 2.24) is 19.6 Å². The number of likely N-dealkylation sites (tertiary alicyclic amines) is 1. The average molecular weight is 330 g/mol. The molecule has 2 amide bonds. The Labute approximate surface area is 140 Å². The Bertz CT molecular complexity index is 783. The number of carbonyl (C=O) groups excluding carboxylic acids is 2. The molecule has 0 aliphatic carbocycles. The molecule has 3 rings (SSSR count). The van der Waals surface area contributed by atoms with Gasteiger partial charge in [0.2, 0.25) is 5.91 Å². The second-order valence-electron chi connectivity index (χ2n) is 5.97. The first kappa shape index (κ1) is 16.3. The fraction of sp³-hybridized carbons (Fsp3) is 0.471. The predicted octanol–water partition coefficient (Wildman–Crippen LogP) is 1.39. The maximum absolute atomic E-state index is 12.7. The number of hydrogen-bond acceptors (Lipinski definition) is 4. The molecule has 0 aromatic carbocycles. The van der Waals surface area contributed by atoms with Crippen molar-refractivity contribution < 1.29 is 14.3 Å². The number of carbonyl (C=O) groups is 2. The van der Waals surface area contributed by atoms with Gasteiger partial charge in [0.25, 0.3) is 5.91 Å². The molecule has 2 aromatic rings. The summed E-state index contributed by atoms with van der Waals surface area (Å²) in [6.45, 7) is 7.05. The van der Waals surface area contributed by atoms with Gasteiger partial charge in [0.1, 0.15) is 5.69 Å². The van der Waals surface area contributed by atoms with E-state index in [-0.39, 0.29) is 17.9 Å². The van der Waals surface area contributed by atoms with Gasteiger partial charge in [-0.1, -0.05) is 0 Å². The van der Waals surface area contributed by atoms with Gasteiger partial charge in [0.15, 0.2) is 11.4 Å². The van der Waals surface area contributed by atoms with Gasteiger partial charge in [-0.2, -0.15) is 0 Å². The predicted molar refractivity (Wildman–Crippen MR) is 89.2 cm³/mol. The maximum atomic E-state index is 12.7. The zero-order chi connectivity index (χ0) is 17.3. The highest BCUT2D eigenvalue weighted by Gasteiger charge is 2.27. The molecule has 24 heavy (non-hydrogen) atoms. The van der Waals surface area contributed by atoms with Crippen LogP contribution in [-0.2, 0) is 4.79 Å². The molecule has 1 atom stereocenters. The number of hydrogen-bond donors (Lipinski definition) is 1. The Kier molecular flexibility index (Phi) is 4.42. The number of nitrogens with zero attached hydrogens (tertiary/aromatic N) is 3. The van der Waals surface area contributed by atoms with Gasteiger partial charge in [-0.05, 0) is 32.4 Å². The zero-order valence-corrected chi connectivity index (χ0v) is 14.2. The van der Waals surface area contributed by atoms with Gasteiger partial charge in [-0.25, -0.2) is 4.98 Å². The van der Waals surface area contributed by atoms with Crippen LogP contribution in [0.1, 0.15) is 36.5 Å². The Morgan fingerprint density at radius 3 is 2.92 bits per heavy atom. The van der Waals surface area contributed by atoms with Crippen LogP contribution in [0.15, 0.2) is 18.3 Å². The summed E-state index contributed by atoms with van der Waals surface area (Å²) in [6.07, 6.45) is 2.58. The zero-order valence-electron chi connectivity index (χ0n) is 14.2. The lowest BCUT2D eigenvalue weighted by atomic mass is 10.2. The smallest absolute Gasteiger partial charge is 0.270 e. The Morgan fingerprint density at radius 1 is 1.46 bits per heavy atom. The van der Waals surface area contributed by atoms with Crippen LogP contribution in [0, 0.1) is 6.92 Å². The highest BCUT2D eigenvalue weighted by molar-refractivity contribution is 5.95. The molecule has 0 radical (unpaired) electrons. The normalized spacial score (nSPS) is 17.3. The molecule has 1 fully saturated rings. The van der Waals surface area contributed by atoms with Crippen LogP contribution in [-0.4, -0.2) is 51.8 Å². The first-order chi connectivity index (χ1) is 11.5. The van der Waals surface area contributed by atoms with Gasteiger partial charge in [0.05, 0.1) is 12.3 Å². The minimum absolute atomic E-state index is 0.0265. The average Bonchev–Trinajstić information content (AvgIpc) is 3.12. The topological polar surface area (TPSA) is 75.9 Å². The number of ether oxygens (including phenoxy) is 1. The third-order valence-corrected chi connectivity index (χ3v) is 4.27. The molecule has 0 bridgehead atoms. The Hall–Kier alpha value is -2.57. The van der Waals surface area contributed by atoms with Gasteiger partial charge >= 0.3 is 0 Å². The highest BCUT2D eigenvalue weighted by Crippen LogP contribution is 2.22. The van der Waals surface area contributed by atoms with E-state index in [1.54, 1.807) is 16.2 Å². The van der Waals surface area contributed by atoms with Crippen LogP contribution >= 0.6 is 0 Å². The van der Waals surface area contributed by atoms with Crippen LogP contribution in [0.4, 0.5) is 0 Å². The minimum atomic E-state index is -0.177. The molecular weight excluding hydrogens is 308 g/mol. The van der Waals surface area contributed by atoms with Crippen molar-refractivity contribution in [2.75, 3.05) is 19.7 Å². The summed E-state index contributed by atoms with van der Waals surface area (Å²) in [4.78, 5) is 30.4. The third kappa shape index (κ3) is 2.93. The number of aromatic nitrogens is 2. The van der Waals surface area contributed by atoms with Gasteiger partial charge in [-0.3, -0.25) is 14.0 Å². The Morgan fingerprint density at radius 2 is 2.25 bits per heavy atom. The number of rotatable bonds is 4. The molecule has 1 aliphatic heterocycles. The fourth-order valence-corrected chi connectivity index (χ4v) is 3.12. The largest absolute Gasteiger partial charge is 0.490 e. The summed E-state index contributed by atoms with van der Waals surface area (Å²) in [5.74, 6) is 0.522. The van der Waals surface area contributed by atoms with Gasteiger partial charge in [0, 0.05) is 32.3 Å². The van der Waals surface area contributed by atoms with Crippen LogP contribution in [0.2, 0.25) is 0 Å². The second kappa shape index (κ2) is 6.51. The van der Waals surface area contributed by atoms with E-state index in [1.165, 1.54) is 0 Å². The quantitative estimate of drug-likeness (QED) is 0.919. The van der Waals surface area contributed by atoms with Crippen LogP contribution in [0.3, 0.4) is 0 Å². The van der Waals surface area contributed by atoms with E-state index in [1.807, 2.05) is 32.2 Å². The summed E-state index contributed by atoms with van der Waals surface area (Å²) in [6, 6.07) is 3.65. The van der Waals surface area contributed by atoms with E-state index < -0.39 is 0 Å². The summed E-state index contributed by atoms with van der Waals surface area (Å²) in [5.41, 5.74) is 1.80. The number of imidazole rings is 1. The molecule has 0 spiro atoms. The molecule has 128 valence electrons. The first-order valence-corrected chi connectivity index (χ1v) is 8.18. The van der Waals surface area contributed by atoms with E-state index in [0.29, 0.717) is 42.5 Å². The lowest BCUT2D eigenvalue weighted by Gasteiger charge is -2.15. The van der Waals surface area contributed by atoms with Gasteiger partial charge in [-0.15, -0.1) is 0 Å². The van der Waals surface area contributed by atoms with E-state index >= 15 is 0 Å². The minimum Gasteiger partial charge on any atom is -0.490 e. The highest BCUT2D eigenvalue weighted by atomic mass is 16.5.